The van der Waals surface area contributed by atoms with Crippen molar-refractivity contribution < 1.29 is 4.74 Å². The lowest BCUT2D eigenvalue weighted by atomic mass is 10.3. The monoisotopic (exact) mass is 374 g/mol. The first-order chi connectivity index (χ1) is 12.0. The van der Waals surface area contributed by atoms with Crippen LogP contribution in [0.4, 0.5) is 5.95 Å². The molecule has 0 spiro atoms. The molecular weight excluding hydrogens is 360 g/mol. The topological polar surface area (TPSA) is 76.9 Å². The van der Waals surface area contributed by atoms with E-state index < -0.39 is 0 Å². The van der Waals surface area contributed by atoms with Gasteiger partial charge in [0.1, 0.15) is 10.8 Å². The second-order valence-corrected chi connectivity index (χ2v) is 6.55. The van der Waals surface area contributed by atoms with Crippen molar-refractivity contribution in [3.8, 4) is 11.8 Å². The minimum absolute atomic E-state index is 0.185. The van der Waals surface area contributed by atoms with Gasteiger partial charge in [-0.25, -0.2) is 9.97 Å². The van der Waals surface area contributed by atoms with Gasteiger partial charge < -0.3 is 9.64 Å². The molecule has 0 aliphatic heterocycles. The normalized spacial score (nSPS) is 10.6. The highest BCUT2D eigenvalue weighted by Crippen LogP contribution is 2.27. The Bertz CT molecular complexity index is 858. The molecule has 0 aliphatic carbocycles. The molecule has 0 N–H and O–H groups in total. The van der Waals surface area contributed by atoms with Crippen LogP contribution in [0.2, 0.25) is 5.28 Å². The third-order valence-corrected chi connectivity index (χ3v) is 3.89. The lowest BCUT2D eigenvalue weighted by molar-refractivity contribution is 0.432. The molecule has 7 nitrogen and oxygen atoms in total. The van der Waals surface area contributed by atoms with Crippen molar-refractivity contribution in [2.24, 2.45) is 0 Å². The van der Waals surface area contributed by atoms with Crippen molar-refractivity contribution in [1.82, 2.24) is 24.9 Å². The Morgan fingerprint density at radius 2 is 1.76 bits per heavy atom. The fourth-order valence-corrected chi connectivity index (χ4v) is 2.94. The van der Waals surface area contributed by atoms with Crippen molar-refractivity contribution >= 4 is 29.3 Å². The fourth-order valence-electron chi connectivity index (χ4n) is 1.86. The number of halogens is 1. The molecule has 25 heavy (non-hydrogen) atoms. The summed E-state index contributed by atoms with van der Waals surface area (Å²) in [5, 5.41) is 1.29. The number of benzene rings is 1. The van der Waals surface area contributed by atoms with Crippen molar-refractivity contribution in [1.29, 1.82) is 0 Å². The maximum Gasteiger partial charge on any atom is 0.327 e. The summed E-state index contributed by atoms with van der Waals surface area (Å²) in [6, 6.07) is 11.4. The van der Waals surface area contributed by atoms with Crippen LogP contribution in [-0.2, 0) is 0 Å². The van der Waals surface area contributed by atoms with E-state index in [1.54, 1.807) is 4.90 Å². The number of anilines is 1. The molecule has 0 radical (unpaired) electrons. The number of rotatable bonds is 5. The molecule has 0 bridgehead atoms. The fraction of sp³-hybridized carbons (Fsp3) is 0.188. The van der Waals surface area contributed by atoms with Gasteiger partial charge in [0.25, 0.3) is 0 Å². The Kier molecular flexibility index (Phi) is 5.30. The standard InChI is InChI=1S/C16H15ClN6OS/c1-10-9-12(19-13(17)18-10)25-16-21-14(23(2)3)20-15(22-16)24-11-7-5-4-6-8-11/h4-9H,1-3H3. The quantitative estimate of drug-likeness (QED) is 0.495. The minimum atomic E-state index is 0.185. The predicted molar refractivity (Wildman–Crippen MR) is 96.6 cm³/mol. The van der Waals surface area contributed by atoms with Gasteiger partial charge in [0.15, 0.2) is 0 Å². The first-order valence-corrected chi connectivity index (χ1v) is 8.54. The van der Waals surface area contributed by atoms with Crippen LogP contribution in [0.3, 0.4) is 0 Å². The van der Waals surface area contributed by atoms with E-state index in [0.29, 0.717) is 21.9 Å². The molecule has 3 aromatic rings. The Hall–Kier alpha value is -2.45. The zero-order valence-corrected chi connectivity index (χ0v) is 15.4. The largest absolute Gasteiger partial charge is 0.424 e. The van der Waals surface area contributed by atoms with Gasteiger partial charge in [0.2, 0.25) is 16.4 Å². The molecule has 1 aromatic carbocycles. The minimum Gasteiger partial charge on any atom is -0.424 e. The van der Waals surface area contributed by atoms with Gasteiger partial charge >= 0.3 is 6.01 Å². The van der Waals surface area contributed by atoms with E-state index in [0.717, 1.165) is 5.69 Å². The SMILES string of the molecule is Cc1cc(Sc2nc(Oc3ccccc3)nc(N(C)C)n2)nc(Cl)n1. The van der Waals surface area contributed by atoms with Crippen LogP contribution in [0.25, 0.3) is 0 Å². The molecule has 0 aliphatic rings. The van der Waals surface area contributed by atoms with E-state index in [2.05, 4.69) is 24.9 Å². The summed E-state index contributed by atoms with van der Waals surface area (Å²) in [7, 11) is 3.70. The van der Waals surface area contributed by atoms with Crippen LogP contribution in [0.1, 0.15) is 5.69 Å². The second-order valence-electron chi connectivity index (χ2n) is 5.23. The van der Waals surface area contributed by atoms with Gasteiger partial charge in [-0.3, -0.25) is 0 Å². The summed E-state index contributed by atoms with van der Waals surface area (Å²) < 4.78 is 5.73. The van der Waals surface area contributed by atoms with E-state index in [1.165, 1.54) is 11.8 Å². The van der Waals surface area contributed by atoms with Crippen molar-refractivity contribution in [3.63, 3.8) is 0 Å². The van der Waals surface area contributed by atoms with Crippen LogP contribution in [0.5, 0.6) is 11.8 Å². The van der Waals surface area contributed by atoms with Gasteiger partial charge in [-0.05, 0) is 48.5 Å². The smallest absolute Gasteiger partial charge is 0.327 e. The van der Waals surface area contributed by atoms with Crippen LogP contribution < -0.4 is 9.64 Å². The molecular formula is C16H15ClN6OS. The number of hydrogen-bond donors (Lipinski definition) is 0. The summed E-state index contributed by atoms with van der Waals surface area (Å²) in [6.45, 7) is 1.85. The number of ether oxygens (including phenoxy) is 1. The van der Waals surface area contributed by atoms with Crippen molar-refractivity contribution in [2.75, 3.05) is 19.0 Å². The Morgan fingerprint density at radius 1 is 1.00 bits per heavy atom. The van der Waals surface area contributed by atoms with Gasteiger partial charge in [-0.15, -0.1) is 0 Å². The van der Waals surface area contributed by atoms with E-state index in [-0.39, 0.29) is 11.3 Å². The molecule has 0 unspecified atom stereocenters. The van der Waals surface area contributed by atoms with E-state index in [4.69, 9.17) is 16.3 Å². The van der Waals surface area contributed by atoms with E-state index in [9.17, 15) is 0 Å². The molecule has 3 rings (SSSR count). The van der Waals surface area contributed by atoms with E-state index in [1.807, 2.05) is 57.4 Å². The first-order valence-electron chi connectivity index (χ1n) is 7.35. The third-order valence-electron chi connectivity index (χ3n) is 2.93. The van der Waals surface area contributed by atoms with Gasteiger partial charge in [-0.2, -0.15) is 15.0 Å². The molecule has 0 saturated carbocycles. The highest BCUT2D eigenvalue weighted by atomic mass is 35.5. The highest BCUT2D eigenvalue weighted by Gasteiger charge is 2.13. The maximum absolute atomic E-state index is 5.92. The van der Waals surface area contributed by atoms with E-state index >= 15 is 0 Å². The Balaban J connectivity index is 1.92. The molecule has 0 atom stereocenters. The summed E-state index contributed by atoms with van der Waals surface area (Å²) >= 11 is 7.18. The number of aryl methyl sites for hydroxylation is 1. The van der Waals surface area contributed by atoms with Crippen LogP contribution in [0.15, 0.2) is 46.6 Å². The van der Waals surface area contributed by atoms with Gasteiger partial charge in [0, 0.05) is 19.8 Å². The maximum atomic E-state index is 5.92. The lowest BCUT2D eigenvalue weighted by Crippen LogP contribution is -2.14. The summed E-state index contributed by atoms with van der Waals surface area (Å²) in [5.74, 6) is 1.13. The molecule has 9 heteroatoms. The van der Waals surface area contributed by atoms with Crippen LogP contribution in [0, 0.1) is 6.92 Å². The Labute approximate surface area is 154 Å². The molecule has 2 aromatic heterocycles. The molecule has 0 fully saturated rings. The summed E-state index contributed by atoms with van der Waals surface area (Å²) in [5.41, 5.74) is 0.769. The molecule has 128 valence electrons. The number of nitrogens with zero attached hydrogens (tertiary/aromatic N) is 6. The summed E-state index contributed by atoms with van der Waals surface area (Å²) in [4.78, 5) is 23.1. The average Bonchev–Trinajstić information content (AvgIpc) is 2.54. The van der Waals surface area contributed by atoms with Crippen molar-refractivity contribution in [2.45, 2.75) is 17.1 Å². The van der Waals surface area contributed by atoms with Crippen molar-refractivity contribution in [3.05, 3.63) is 47.4 Å². The van der Waals surface area contributed by atoms with Gasteiger partial charge in [0.05, 0.1) is 0 Å². The van der Waals surface area contributed by atoms with Gasteiger partial charge in [-0.1, -0.05) is 18.2 Å². The zero-order valence-electron chi connectivity index (χ0n) is 13.8. The number of hydrogen-bond acceptors (Lipinski definition) is 8. The number of aromatic nitrogens is 5. The predicted octanol–water partition coefficient (Wildman–Crippen LogP) is 3.63. The number of para-hydroxylation sites is 1. The third kappa shape index (κ3) is 4.77. The van der Waals surface area contributed by atoms with Crippen LogP contribution >= 0.6 is 23.4 Å². The Morgan fingerprint density at radius 3 is 2.44 bits per heavy atom. The molecule has 2 heterocycles. The zero-order chi connectivity index (χ0) is 17.8. The lowest BCUT2D eigenvalue weighted by Gasteiger charge is -2.12. The van der Waals surface area contributed by atoms with Crippen LogP contribution in [-0.4, -0.2) is 39.0 Å². The highest BCUT2D eigenvalue weighted by molar-refractivity contribution is 7.99. The average molecular weight is 375 g/mol. The molecule has 0 amide bonds. The summed E-state index contributed by atoms with van der Waals surface area (Å²) in [6.07, 6.45) is 0. The molecule has 0 saturated heterocycles. The second kappa shape index (κ2) is 7.62. The first kappa shape index (κ1) is 17.4.